The lowest BCUT2D eigenvalue weighted by Crippen LogP contribution is -2.63. The van der Waals surface area contributed by atoms with Gasteiger partial charge in [0.1, 0.15) is 11.6 Å². The van der Waals surface area contributed by atoms with Gasteiger partial charge in [0.25, 0.3) is 0 Å². The van der Waals surface area contributed by atoms with E-state index in [-0.39, 0.29) is 35.6 Å². The van der Waals surface area contributed by atoms with Gasteiger partial charge in [0.05, 0.1) is 11.0 Å². The zero-order valence-corrected chi connectivity index (χ0v) is 21.7. The summed E-state index contributed by atoms with van der Waals surface area (Å²) >= 11 is 0. The van der Waals surface area contributed by atoms with Crippen LogP contribution in [0.1, 0.15) is 58.1 Å². The molecule has 0 radical (unpaired) electrons. The van der Waals surface area contributed by atoms with E-state index in [2.05, 4.69) is 22.5 Å². The Morgan fingerprint density at radius 2 is 2.00 bits per heavy atom. The minimum atomic E-state index is -0.710. The molecule has 196 valence electrons. The summed E-state index contributed by atoms with van der Waals surface area (Å²) < 4.78 is 8.51. The van der Waals surface area contributed by atoms with E-state index < -0.39 is 17.6 Å². The molecule has 5 rings (SSSR count). The summed E-state index contributed by atoms with van der Waals surface area (Å²) in [7, 11) is 1.67. The fourth-order valence-electron chi connectivity index (χ4n) is 5.56. The van der Waals surface area contributed by atoms with E-state index in [9.17, 15) is 19.2 Å². The maximum Gasteiger partial charge on any atom is 0.410 e. The first-order valence-corrected chi connectivity index (χ1v) is 12.7. The van der Waals surface area contributed by atoms with Crippen molar-refractivity contribution in [2.24, 2.45) is 12.5 Å². The van der Waals surface area contributed by atoms with Gasteiger partial charge in [0.2, 0.25) is 11.8 Å². The number of nitrogens with one attached hydrogen (secondary N) is 2. The van der Waals surface area contributed by atoms with Crippen LogP contribution in [-0.4, -0.2) is 63.2 Å². The number of imidazole rings is 1. The SMILES string of the molecule is Cn1c(=O)n(C2CCC(=O)NC2=O)c2ccc(C#CCC3NCC34CCN(C(=O)OC(C)(C)C)C4)cc21. The third kappa shape index (κ3) is 4.64. The van der Waals surface area contributed by atoms with Crippen LogP contribution in [0.5, 0.6) is 0 Å². The lowest BCUT2D eigenvalue weighted by Gasteiger charge is -2.47. The molecule has 3 aliphatic heterocycles. The largest absolute Gasteiger partial charge is 0.444 e. The van der Waals surface area contributed by atoms with Crippen molar-refractivity contribution in [3.8, 4) is 11.8 Å². The number of rotatable bonds is 2. The Morgan fingerprint density at radius 3 is 2.68 bits per heavy atom. The van der Waals surface area contributed by atoms with Crippen molar-refractivity contribution in [1.82, 2.24) is 24.7 Å². The van der Waals surface area contributed by atoms with Gasteiger partial charge >= 0.3 is 11.8 Å². The molecule has 3 fully saturated rings. The van der Waals surface area contributed by atoms with Crippen molar-refractivity contribution in [2.45, 2.75) is 64.1 Å². The van der Waals surface area contributed by atoms with Gasteiger partial charge < -0.3 is 15.0 Å². The first kappa shape index (κ1) is 25.1. The second-order valence-corrected chi connectivity index (χ2v) is 11.3. The van der Waals surface area contributed by atoms with Crippen molar-refractivity contribution in [3.63, 3.8) is 0 Å². The normalized spacial score (nSPS) is 25.6. The lowest BCUT2D eigenvalue weighted by atomic mass is 9.71. The molecule has 1 aromatic carbocycles. The van der Waals surface area contributed by atoms with Crippen LogP contribution in [-0.2, 0) is 21.4 Å². The molecule has 0 saturated carbocycles. The van der Waals surface area contributed by atoms with Crippen LogP contribution in [0.15, 0.2) is 23.0 Å². The minimum absolute atomic E-state index is 0.0264. The van der Waals surface area contributed by atoms with Crippen molar-refractivity contribution in [3.05, 3.63) is 34.2 Å². The average molecular weight is 508 g/mol. The van der Waals surface area contributed by atoms with Crippen LogP contribution in [0.4, 0.5) is 4.79 Å². The molecule has 1 aromatic heterocycles. The third-order valence-corrected chi connectivity index (χ3v) is 7.63. The van der Waals surface area contributed by atoms with Gasteiger partial charge in [0, 0.05) is 56.5 Å². The number of aromatic nitrogens is 2. The van der Waals surface area contributed by atoms with Gasteiger partial charge in [0.15, 0.2) is 0 Å². The molecule has 3 amide bonds. The number of piperidine rings is 1. The first-order chi connectivity index (χ1) is 17.5. The van der Waals surface area contributed by atoms with E-state index in [4.69, 9.17) is 4.74 Å². The number of fused-ring (bicyclic) bond motifs is 1. The Kier molecular flexibility index (Phi) is 6.15. The molecular weight excluding hydrogens is 474 g/mol. The summed E-state index contributed by atoms with van der Waals surface area (Å²) in [5.74, 6) is 5.72. The van der Waals surface area contributed by atoms with Gasteiger partial charge in [-0.25, -0.2) is 9.59 Å². The van der Waals surface area contributed by atoms with E-state index in [1.807, 2.05) is 39.0 Å². The third-order valence-electron chi connectivity index (χ3n) is 7.63. The highest BCUT2D eigenvalue weighted by molar-refractivity contribution is 6.00. The highest BCUT2D eigenvalue weighted by Gasteiger charge is 2.51. The summed E-state index contributed by atoms with van der Waals surface area (Å²) in [4.78, 5) is 51.1. The number of imide groups is 1. The Hall–Kier alpha value is -3.58. The highest BCUT2D eigenvalue weighted by Crippen LogP contribution is 2.41. The Balaban J connectivity index is 1.29. The van der Waals surface area contributed by atoms with Crippen LogP contribution in [0.25, 0.3) is 11.0 Å². The molecule has 37 heavy (non-hydrogen) atoms. The van der Waals surface area contributed by atoms with E-state index in [1.165, 1.54) is 9.13 Å². The molecule has 4 heterocycles. The number of carbonyl (C=O) groups is 3. The molecule has 1 spiro atoms. The molecule has 10 heteroatoms. The number of aryl methyl sites for hydroxylation is 1. The zero-order chi connectivity index (χ0) is 26.5. The number of likely N-dealkylation sites (tertiary alicyclic amines) is 1. The molecular formula is C27H33N5O5. The van der Waals surface area contributed by atoms with Crippen molar-refractivity contribution in [2.75, 3.05) is 19.6 Å². The average Bonchev–Trinajstić information content (AvgIpc) is 3.38. The van der Waals surface area contributed by atoms with E-state index in [1.54, 1.807) is 11.9 Å². The smallest absolute Gasteiger partial charge is 0.410 e. The Bertz CT molecular complexity index is 1400. The summed E-state index contributed by atoms with van der Waals surface area (Å²) in [6.07, 6.45) is 1.82. The fourth-order valence-corrected chi connectivity index (χ4v) is 5.56. The summed E-state index contributed by atoms with van der Waals surface area (Å²) in [6.45, 7) is 7.84. The monoisotopic (exact) mass is 507 g/mol. The topological polar surface area (TPSA) is 115 Å². The number of amides is 3. The van der Waals surface area contributed by atoms with E-state index in [0.29, 0.717) is 37.0 Å². The molecule has 10 nitrogen and oxygen atoms in total. The molecule has 3 aliphatic rings. The maximum atomic E-state index is 13.0. The van der Waals surface area contributed by atoms with Gasteiger partial charge in [-0.2, -0.15) is 0 Å². The van der Waals surface area contributed by atoms with Gasteiger partial charge in [-0.05, 0) is 51.8 Å². The molecule has 3 unspecified atom stereocenters. The summed E-state index contributed by atoms with van der Waals surface area (Å²) in [5, 5.41) is 5.80. The van der Waals surface area contributed by atoms with Crippen LogP contribution < -0.4 is 16.3 Å². The number of nitrogens with zero attached hydrogens (tertiary/aromatic N) is 3. The number of benzene rings is 1. The van der Waals surface area contributed by atoms with Crippen LogP contribution in [0.3, 0.4) is 0 Å². The van der Waals surface area contributed by atoms with Crippen molar-refractivity contribution in [1.29, 1.82) is 0 Å². The minimum Gasteiger partial charge on any atom is -0.444 e. The standard InChI is InChI=1S/C27H33N5O5/c1-26(2,3)37-25(36)31-13-12-27(16-31)15-28-21(27)7-5-6-17-8-9-18-20(14-17)30(4)24(35)32(18)19-10-11-22(33)29-23(19)34/h8-9,14,19,21,28H,7,10-13,15-16H2,1-4H3,(H,29,33,34). The first-order valence-electron chi connectivity index (χ1n) is 12.7. The van der Waals surface area contributed by atoms with Gasteiger partial charge in [-0.15, -0.1) is 0 Å². The molecule has 0 aliphatic carbocycles. The van der Waals surface area contributed by atoms with Crippen LogP contribution >= 0.6 is 0 Å². The quantitative estimate of drug-likeness (QED) is 0.472. The number of hydrogen-bond donors (Lipinski definition) is 2. The second kappa shape index (κ2) is 9.06. The highest BCUT2D eigenvalue weighted by atomic mass is 16.6. The van der Waals surface area contributed by atoms with Crippen LogP contribution in [0, 0.1) is 17.3 Å². The van der Waals surface area contributed by atoms with Crippen molar-refractivity contribution >= 4 is 28.9 Å². The predicted molar refractivity (Wildman–Crippen MR) is 137 cm³/mol. The summed E-state index contributed by atoms with van der Waals surface area (Å²) in [5.41, 5.74) is 1.32. The van der Waals surface area contributed by atoms with Gasteiger partial charge in [-0.1, -0.05) is 11.8 Å². The maximum absolute atomic E-state index is 13.0. The van der Waals surface area contributed by atoms with E-state index >= 15 is 0 Å². The molecule has 3 atom stereocenters. The molecule has 3 saturated heterocycles. The van der Waals surface area contributed by atoms with Gasteiger partial charge in [-0.3, -0.25) is 24.0 Å². The predicted octanol–water partition coefficient (Wildman–Crippen LogP) is 1.66. The number of hydrogen-bond acceptors (Lipinski definition) is 6. The van der Waals surface area contributed by atoms with E-state index in [0.717, 1.165) is 18.5 Å². The second-order valence-electron chi connectivity index (χ2n) is 11.3. The number of carbonyl (C=O) groups excluding carboxylic acids is 3. The zero-order valence-electron chi connectivity index (χ0n) is 21.7. The number of ether oxygens (including phenoxy) is 1. The lowest BCUT2D eigenvalue weighted by molar-refractivity contribution is -0.135. The summed E-state index contributed by atoms with van der Waals surface area (Å²) in [6, 6.07) is 5.01. The van der Waals surface area contributed by atoms with Crippen molar-refractivity contribution < 1.29 is 19.1 Å². The molecule has 2 aromatic rings. The Labute approximate surface area is 215 Å². The van der Waals surface area contributed by atoms with Crippen LogP contribution in [0.2, 0.25) is 0 Å². The fraction of sp³-hybridized carbons (Fsp3) is 0.556. The Morgan fingerprint density at radius 1 is 1.22 bits per heavy atom. The molecule has 0 bridgehead atoms. The molecule has 2 N–H and O–H groups in total.